The summed E-state index contributed by atoms with van der Waals surface area (Å²) in [4.78, 5) is 0. The molecule has 0 radical (unpaired) electrons. The van der Waals surface area contributed by atoms with Crippen molar-refractivity contribution in [2.75, 3.05) is 0 Å². The standard InChI is InChI=1S/C8H6.Na.H2O3S/c1-2-8-5-3-7(1)4-6-8;;1-4(2)3/h1-6H;;4H,(H,1,2,3)/q;+1;/p-1. The number of hydrogen-bond acceptors (Lipinski definition) is 3. The van der Waals surface area contributed by atoms with Crippen LogP contribution >= 0.6 is 0 Å². The third kappa shape index (κ3) is 5.23. The van der Waals surface area contributed by atoms with Crippen molar-refractivity contribution in [3.8, 4) is 0 Å². The first-order chi connectivity index (χ1) is 5.68. The maximum absolute atomic E-state index is 8.48. The molecule has 0 spiro atoms. The van der Waals surface area contributed by atoms with Gasteiger partial charge in [0.15, 0.2) is 0 Å². The summed E-state index contributed by atoms with van der Waals surface area (Å²) in [6.45, 7) is 0. The zero-order chi connectivity index (χ0) is 8.97. The van der Waals surface area contributed by atoms with Crippen molar-refractivity contribution in [1.29, 1.82) is 0 Å². The van der Waals surface area contributed by atoms with Crippen LogP contribution in [0.15, 0.2) is 36.4 Å². The molecule has 0 aromatic heterocycles. The predicted octanol–water partition coefficient (Wildman–Crippen LogP) is -1.99. The molecule has 5 heteroatoms. The summed E-state index contributed by atoms with van der Waals surface area (Å²) in [6.07, 6.45) is 0. The van der Waals surface area contributed by atoms with E-state index >= 15 is 0 Å². The normalized spacial score (nSPS) is 9.08. The number of benzene rings is 3. The van der Waals surface area contributed by atoms with E-state index in [2.05, 4.69) is 36.4 Å². The van der Waals surface area contributed by atoms with Gasteiger partial charge in [0.05, 0.1) is 11.0 Å². The Balaban J connectivity index is 0.000000256. The molecule has 3 nitrogen and oxygen atoms in total. The first-order valence-corrected chi connectivity index (χ1v) is 4.38. The summed E-state index contributed by atoms with van der Waals surface area (Å²) in [6, 6.07) is 12.7. The molecule has 3 aromatic rings. The van der Waals surface area contributed by atoms with Crippen molar-refractivity contribution < 1.29 is 42.5 Å². The van der Waals surface area contributed by atoms with Gasteiger partial charge in [0.1, 0.15) is 0 Å². The summed E-state index contributed by atoms with van der Waals surface area (Å²) < 4.78 is 25.4. The summed E-state index contributed by atoms with van der Waals surface area (Å²) >= 11 is 0. The van der Waals surface area contributed by atoms with E-state index in [0.717, 1.165) is 0 Å². The van der Waals surface area contributed by atoms with Gasteiger partial charge in [0, 0.05) is 0 Å². The molecule has 0 fully saturated rings. The van der Waals surface area contributed by atoms with Gasteiger partial charge in [-0.3, -0.25) is 0 Å². The fraction of sp³-hybridized carbons (Fsp3) is 0. The maximum Gasteiger partial charge on any atom is 1.00 e. The second kappa shape index (κ2) is 6.34. The van der Waals surface area contributed by atoms with Crippen LogP contribution in [0.2, 0.25) is 0 Å². The van der Waals surface area contributed by atoms with Gasteiger partial charge in [-0.2, -0.15) is 0 Å². The Kier molecular flexibility index (Phi) is 6.28. The van der Waals surface area contributed by atoms with Crippen molar-refractivity contribution in [2.24, 2.45) is 0 Å². The van der Waals surface area contributed by atoms with E-state index in [1.807, 2.05) is 0 Å². The third-order valence-corrected chi connectivity index (χ3v) is 1.40. The molecule has 3 aromatic carbocycles. The van der Waals surface area contributed by atoms with Crippen LogP contribution in [-0.2, 0) is 11.0 Å². The largest absolute Gasteiger partial charge is 1.00 e. The molecular formula is C8H7NaO3S. The molecule has 13 heavy (non-hydrogen) atoms. The molecule has 0 saturated heterocycles. The van der Waals surface area contributed by atoms with Crippen LogP contribution < -0.4 is 29.6 Å². The van der Waals surface area contributed by atoms with Gasteiger partial charge in [-0.25, -0.2) is 8.42 Å². The fourth-order valence-corrected chi connectivity index (χ4v) is 0.911. The van der Waals surface area contributed by atoms with Gasteiger partial charge in [-0.1, -0.05) is 36.4 Å². The minimum Gasteiger partial charge on any atom is -0.750 e. The maximum atomic E-state index is 8.48. The average molecular weight is 206 g/mol. The SMILES string of the molecule is O=[SH](=O)[O-].[Na+].c1cc2ccc1cc2. The Morgan fingerprint density at radius 3 is 1.08 bits per heavy atom. The molecule has 64 valence electrons. The Labute approximate surface area is 100 Å². The topological polar surface area (TPSA) is 57.2 Å². The summed E-state index contributed by atoms with van der Waals surface area (Å²) in [7, 11) is -3.37. The first kappa shape index (κ1) is 12.9. The monoisotopic (exact) mass is 206 g/mol. The van der Waals surface area contributed by atoms with Crippen molar-refractivity contribution >= 4 is 21.8 Å². The van der Waals surface area contributed by atoms with Crippen LogP contribution in [-0.4, -0.2) is 13.0 Å². The Hall–Kier alpha value is -0.130. The zero-order valence-corrected chi connectivity index (χ0v) is 10.0. The predicted molar refractivity (Wildman–Crippen MR) is 46.2 cm³/mol. The van der Waals surface area contributed by atoms with E-state index in [9.17, 15) is 0 Å². The first-order valence-electron chi connectivity index (χ1n) is 3.28. The van der Waals surface area contributed by atoms with E-state index in [-0.39, 0.29) is 29.6 Å². The van der Waals surface area contributed by atoms with Gasteiger partial charge in [0.25, 0.3) is 0 Å². The van der Waals surface area contributed by atoms with E-state index in [0.29, 0.717) is 0 Å². The molecule has 0 saturated carbocycles. The van der Waals surface area contributed by atoms with Gasteiger partial charge in [-0.15, -0.1) is 0 Å². The third-order valence-electron chi connectivity index (χ3n) is 1.40. The number of thiol groups is 1. The van der Waals surface area contributed by atoms with Gasteiger partial charge < -0.3 is 4.55 Å². The average Bonchev–Trinajstić information content (AvgIpc) is 2.07. The smallest absolute Gasteiger partial charge is 0.750 e. The van der Waals surface area contributed by atoms with E-state index in [4.69, 9.17) is 13.0 Å². The minimum absolute atomic E-state index is 0. The van der Waals surface area contributed by atoms with E-state index in [1.165, 1.54) is 10.8 Å². The number of hydrogen-bond donors (Lipinski definition) is 1. The minimum atomic E-state index is -3.37. The fourth-order valence-electron chi connectivity index (χ4n) is 0.911. The van der Waals surface area contributed by atoms with Gasteiger partial charge in [-0.05, 0) is 10.8 Å². The summed E-state index contributed by atoms with van der Waals surface area (Å²) in [5.74, 6) is 0. The molecule has 0 N–H and O–H groups in total. The van der Waals surface area contributed by atoms with E-state index in [1.54, 1.807) is 0 Å². The molecule has 0 aliphatic heterocycles. The van der Waals surface area contributed by atoms with Gasteiger partial charge >= 0.3 is 29.6 Å². The number of fused-ring (bicyclic) bond motifs is 3. The van der Waals surface area contributed by atoms with Crippen molar-refractivity contribution in [3.63, 3.8) is 0 Å². The quantitative estimate of drug-likeness (QED) is 0.308. The Morgan fingerprint density at radius 2 is 1.00 bits per heavy atom. The Morgan fingerprint density at radius 1 is 0.846 bits per heavy atom. The van der Waals surface area contributed by atoms with Crippen LogP contribution in [0.1, 0.15) is 0 Å². The second-order valence-corrected chi connectivity index (χ2v) is 2.67. The van der Waals surface area contributed by atoms with Crippen molar-refractivity contribution in [1.82, 2.24) is 0 Å². The van der Waals surface area contributed by atoms with Crippen molar-refractivity contribution in [3.05, 3.63) is 36.4 Å². The summed E-state index contributed by atoms with van der Waals surface area (Å²) in [5.41, 5.74) is 0. The van der Waals surface area contributed by atoms with Gasteiger partial charge in [0.2, 0.25) is 0 Å². The molecule has 0 unspecified atom stereocenters. The molecular weight excluding hydrogens is 199 g/mol. The van der Waals surface area contributed by atoms with Crippen LogP contribution in [0, 0.1) is 0 Å². The Bertz CT molecular complexity index is 328. The zero-order valence-electron chi connectivity index (χ0n) is 7.14. The second-order valence-electron chi connectivity index (χ2n) is 2.22. The summed E-state index contributed by atoms with van der Waals surface area (Å²) in [5, 5.41) is 2.61. The van der Waals surface area contributed by atoms with E-state index < -0.39 is 11.0 Å². The molecule has 0 aliphatic rings. The van der Waals surface area contributed by atoms with Crippen LogP contribution in [0.4, 0.5) is 0 Å². The number of rotatable bonds is 0. The molecule has 3 rings (SSSR count). The van der Waals surface area contributed by atoms with Crippen LogP contribution in [0.25, 0.3) is 10.8 Å². The molecule has 2 bridgehead atoms. The van der Waals surface area contributed by atoms with Crippen molar-refractivity contribution in [2.45, 2.75) is 0 Å². The molecule has 0 amide bonds. The molecule has 0 heterocycles. The molecule has 0 aliphatic carbocycles. The van der Waals surface area contributed by atoms with Crippen LogP contribution in [0.3, 0.4) is 0 Å². The molecule has 0 atom stereocenters. The van der Waals surface area contributed by atoms with Crippen LogP contribution in [0.5, 0.6) is 0 Å².